The van der Waals surface area contributed by atoms with Crippen LogP contribution in [0.15, 0.2) is 9.31 Å². The van der Waals surface area contributed by atoms with Gasteiger partial charge in [0.2, 0.25) is 0 Å². The average molecular weight is 323 g/mol. The van der Waals surface area contributed by atoms with Crippen LogP contribution in [0.4, 0.5) is 0 Å². The minimum atomic E-state index is -0.859. The average Bonchev–Trinajstić information content (AvgIpc) is 1.84. The lowest BCUT2D eigenvalue weighted by atomic mass is 11.2. The molecule has 0 heterocycles. The van der Waals surface area contributed by atoms with Gasteiger partial charge in [-0.1, -0.05) is 23.2 Å². The van der Waals surface area contributed by atoms with Gasteiger partial charge >= 0.3 is 0 Å². The summed E-state index contributed by atoms with van der Waals surface area (Å²) in [6.45, 7) is 0. The van der Waals surface area contributed by atoms with Crippen molar-refractivity contribution >= 4 is 88.6 Å². The van der Waals surface area contributed by atoms with Gasteiger partial charge in [-0.05, 0) is 0 Å². The molecule has 0 aromatic carbocycles. The van der Waals surface area contributed by atoms with Crippen molar-refractivity contribution in [2.45, 2.75) is 8.92 Å². The fraction of sp³-hybridized carbons (Fsp3) is 0.500. The van der Waals surface area contributed by atoms with Crippen LogP contribution in [0.25, 0.3) is 0 Å². The zero-order valence-electron chi connectivity index (χ0n) is 5.84. The van der Waals surface area contributed by atoms with Crippen LogP contribution in [0.1, 0.15) is 0 Å². The topological polar surface area (TPSA) is 0 Å². The SMILES string of the molecule is ClC([SiH2]C(Cl)Cl)=C(Cl)[SiH2]C(Cl)Cl. The molecule has 0 saturated carbocycles. The maximum Gasteiger partial charge on any atom is 0.109 e. The number of alkyl halides is 4. The van der Waals surface area contributed by atoms with E-state index in [0.29, 0.717) is 9.31 Å². The van der Waals surface area contributed by atoms with Crippen molar-refractivity contribution in [2.75, 3.05) is 0 Å². The summed E-state index contributed by atoms with van der Waals surface area (Å²) in [5.74, 6) is 0. The number of hydrogen-bond donors (Lipinski definition) is 0. The first-order valence-corrected chi connectivity index (χ1v) is 8.57. The van der Waals surface area contributed by atoms with Crippen molar-refractivity contribution in [2.24, 2.45) is 0 Å². The van der Waals surface area contributed by atoms with Crippen LogP contribution < -0.4 is 0 Å². The maximum atomic E-state index is 5.83. The second kappa shape index (κ2) is 7.24. The first-order chi connectivity index (χ1) is 5.43. The summed E-state index contributed by atoms with van der Waals surface area (Å²) in [6.07, 6.45) is 0. The van der Waals surface area contributed by atoms with E-state index in [-0.39, 0.29) is 0 Å². The Bertz CT molecular complexity index is 149. The second-order valence-corrected chi connectivity index (χ2v) is 12.3. The third-order valence-electron chi connectivity index (χ3n) is 0.961. The van der Waals surface area contributed by atoms with Gasteiger partial charge in [0, 0.05) is 9.31 Å². The van der Waals surface area contributed by atoms with Crippen LogP contribution in [0.2, 0.25) is 0 Å². The third-order valence-corrected chi connectivity index (χ3v) is 7.43. The molecule has 0 N–H and O–H groups in total. The lowest BCUT2D eigenvalue weighted by Crippen LogP contribution is -2.09. The lowest BCUT2D eigenvalue weighted by molar-refractivity contribution is 1.84. The molecule has 0 aliphatic heterocycles. The molecule has 0 aromatic rings. The number of halogens is 6. The van der Waals surface area contributed by atoms with Crippen LogP contribution in [-0.4, -0.2) is 28.0 Å². The molecular weight excluding hydrogens is 317 g/mol. The van der Waals surface area contributed by atoms with E-state index in [1.165, 1.54) is 0 Å². The largest absolute Gasteiger partial charge is 0.110 e. The smallest absolute Gasteiger partial charge is 0.109 e. The van der Waals surface area contributed by atoms with Gasteiger partial charge in [0.05, 0.1) is 8.92 Å². The molecule has 0 rings (SSSR count). The minimum Gasteiger partial charge on any atom is -0.110 e. The van der Waals surface area contributed by atoms with E-state index >= 15 is 0 Å². The molecule has 0 aliphatic carbocycles. The summed E-state index contributed by atoms with van der Waals surface area (Å²) in [6, 6.07) is 0. The van der Waals surface area contributed by atoms with Crippen LogP contribution in [0, 0.1) is 0 Å². The molecule has 12 heavy (non-hydrogen) atoms. The highest BCUT2D eigenvalue weighted by Crippen LogP contribution is 2.18. The summed E-state index contributed by atoms with van der Waals surface area (Å²) in [5.41, 5.74) is 0. The zero-order valence-corrected chi connectivity index (χ0v) is 13.2. The van der Waals surface area contributed by atoms with Crippen molar-refractivity contribution in [3.05, 3.63) is 9.31 Å². The van der Waals surface area contributed by atoms with Gasteiger partial charge in [-0.25, -0.2) is 0 Å². The quantitative estimate of drug-likeness (QED) is 0.551. The van der Waals surface area contributed by atoms with Gasteiger partial charge in [-0.3, -0.25) is 0 Å². The second-order valence-electron chi connectivity index (χ2n) is 2.00. The van der Waals surface area contributed by atoms with E-state index in [0.717, 1.165) is 0 Å². The molecule has 0 aromatic heterocycles. The van der Waals surface area contributed by atoms with Gasteiger partial charge in [0.25, 0.3) is 0 Å². The highest BCUT2D eigenvalue weighted by molar-refractivity contribution is 6.85. The van der Waals surface area contributed by atoms with Gasteiger partial charge < -0.3 is 0 Å². The predicted octanol–water partition coefficient (Wildman–Crippen LogP) is 2.45. The number of rotatable bonds is 4. The van der Waals surface area contributed by atoms with Crippen LogP contribution in [-0.2, 0) is 0 Å². The summed E-state index contributed by atoms with van der Waals surface area (Å²) < 4.78 is 0.406. The van der Waals surface area contributed by atoms with Gasteiger partial charge in [-0.2, -0.15) is 0 Å². The van der Waals surface area contributed by atoms with Gasteiger partial charge in [-0.15, -0.1) is 46.4 Å². The van der Waals surface area contributed by atoms with Crippen molar-refractivity contribution in [3.63, 3.8) is 0 Å². The van der Waals surface area contributed by atoms with E-state index < -0.39 is 28.0 Å². The third kappa shape index (κ3) is 7.33. The minimum absolute atomic E-state index is 0.399. The molecular formula is C4H6Cl6Si2. The van der Waals surface area contributed by atoms with Crippen molar-refractivity contribution < 1.29 is 0 Å². The monoisotopic (exact) mass is 320 g/mol. The standard InChI is InChI=1S/C4H6Cl6Si2/c5-1(11-3(7)8)2(6)12-4(9)10/h3-4H,11-12H2. The molecule has 0 amide bonds. The Labute approximate surface area is 106 Å². The molecule has 8 heteroatoms. The predicted molar refractivity (Wildman–Crippen MR) is 66.8 cm³/mol. The Kier molecular flexibility index (Phi) is 8.39. The molecule has 0 aliphatic rings. The van der Waals surface area contributed by atoms with E-state index in [1.807, 2.05) is 0 Å². The highest BCUT2D eigenvalue weighted by atomic mass is 35.5. The molecule has 0 radical (unpaired) electrons. The van der Waals surface area contributed by atoms with Crippen LogP contribution in [0.3, 0.4) is 0 Å². The summed E-state index contributed by atoms with van der Waals surface area (Å²) in [4.78, 5) is 0. The Balaban J connectivity index is 4.06. The van der Waals surface area contributed by atoms with E-state index in [4.69, 9.17) is 69.6 Å². The molecule has 72 valence electrons. The maximum absolute atomic E-state index is 5.83. The highest BCUT2D eigenvalue weighted by Gasteiger charge is 2.11. The fourth-order valence-corrected chi connectivity index (χ4v) is 6.53. The normalized spacial score (nSPS) is 16.0. The van der Waals surface area contributed by atoms with E-state index in [1.54, 1.807) is 0 Å². The molecule has 0 atom stereocenters. The summed E-state index contributed by atoms with van der Waals surface area (Å²) >= 11 is 33.9. The molecule has 0 saturated heterocycles. The zero-order chi connectivity index (χ0) is 9.72. The fourth-order valence-electron chi connectivity index (χ4n) is 0.492. The van der Waals surface area contributed by atoms with Crippen LogP contribution >= 0.6 is 69.6 Å². The van der Waals surface area contributed by atoms with Crippen molar-refractivity contribution in [3.8, 4) is 0 Å². The molecule has 0 unspecified atom stereocenters. The van der Waals surface area contributed by atoms with E-state index in [2.05, 4.69) is 0 Å². The van der Waals surface area contributed by atoms with Crippen LogP contribution in [0.5, 0.6) is 0 Å². The molecule has 0 fully saturated rings. The lowest BCUT2D eigenvalue weighted by Gasteiger charge is -2.03. The molecule has 0 spiro atoms. The van der Waals surface area contributed by atoms with Gasteiger partial charge in [0.15, 0.2) is 0 Å². The van der Waals surface area contributed by atoms with Crippen molar-refractivity contribution in [1.29, 1.82) is 0 Å². The molecule has 0 bridgehead atoms. The van der Waals surface area contributed by atoms with Gasteiger partial charge in [0.1, 0.15) is 19.0 Å². The Hall–Kier alpha value is 1.91. The first kappa shape index (κ1) is 13.9. The number of hydrogen-bond acceptors (Lipinski definition) is 0. The van der Waals surface area contributed by atoms with E-state index in [9.17, 15) is 0 Å². The first-order valence-electron chi connectivity index (χ1n) is 3.02. The van der Waals surface area contributed by atoms with Crippen molar-refractivity contribution in [1.82, 2.24) is 0 Å². The Morgan fingerprint density at radius 2 is 1.00 bits per heavy atom. The summed E-state index contributed by atoms with van der Waals surface area (Å²) in [5, 5.41) is 0. The molecule has 0 nitrogen and oxygen atoms in total. The Morgan fingerprint density at radius 1 is 0.750 bits per heavy atom. The Morgan fingerprint density at radius 3 is 1.17 bits per heavy atom. The summed E-state index contributed by atoms with van der Waals surface area (Å²) in [7, 11) is -1.72.